The van der Waals surface area contributed by atoms with Crippen molar-refractivity contribution in [1.82, 2.24) is 0 Å². The van der Waals surface area contributed by atoms with E-state index in [2.05, 4.69) is 40.2 Å². The van der Waals surface area contributed by atoms with Crippen LogP contribution < -0.4 is 0 Å². The van der Waals surface area contributed by atoms with Crippen molar-refractivity contribution in [2.45, 2.75) is 19.8 Å². The fourth-order valence-corrected chi connectivity index (χ4v) is 3.76. The second kappa shape index (κ2) is 4.07. The van der Waals surface area contributed by atoms with Gasteiger partial charge in [-0.05, 0) is 48.2 Å². The molecular weight excluding hydrogens is 296 g/mol. The first kappa shape index (κ1) is 11.2. The zero-order valence-corrected chi connectivity index (χ0v) is 11.8. The molecule has 1 aromatic heterocycles. The van der Waals surface area contributed by atoms with Gasteiger partial charge in [0.25, 0.3) is 0 Å². The first-order chi connectivity index (χ1) is 8.13. The van der Waals surface area contributed by atoms with Crippen molar-refractivity contribution >= 4 is 33.0 Å². The van der Waals surface area contributed by atoms with Gasteiger partial charge in [0.1, 0.15) is 0 Å². The molecule has 0 saturated heterocycles. The predicted octanol–water partition coefficient (Wildman–Crippen LogP) is 4.21. The summed E-state index contributed by atoms with van der Waals surface area (Å²) in [4.78, 5) is 13.6. The monoisotopic (exact) mass is 306 g/mol. The van der Waals surface area contributed by atoms with Crippen LogP contribution in [0.5, 0.6) is 0 Å². The van der Waals surface area contributed by atoms with Gasteiger partial charge in [0.2, 0.25) is 0 Å². The summed E-state index contributed by atoms with van der Waals surface area (Å²) < 4.78 is 1.13. The van der Waals surface area contributed by atoms with E-state index in [9.17, 15) is 4.79 Å². The Labute approximate surface area is 113 Å². The predicted molar refractivity (Wildman–Crippen MR) is 74.1 cm³/mol. The van der Waals surface area contributed by atoms with E-state index in [-0.39, 0.29) is 5.78 Å². The molecule has 0 radical (unpaired) electrons. The highest BCUT2D eigenvalue weighted by Crippen LogP contribution is 2.34. The van der Waals surface area contributed by atoms with Gasteiger partial charge in [-0.25, -0.2) is 0 Å². The van der Waals surface area contributed by atoms with Crippen molar-refractivity contribution in [2.24, 2.45) is 0 Å². The van der Waals surface area contributed by atoms with Gasteiger partial charge in [-0.2, -0.15) is 0 Å². The summed E-state index contributed by atoms with van der Waals surface area (Å²) in [5, 5.41) is 0. The fraction of sp³-hybridized carbons (Fsp3) is 0.214. The number of ketones is 1. The van der Waals surface area contributed by atoms with Crippen LogP contribution in [0.2, 0.25) is 0 Å². The number of hydrogen-bond donors (Lipinski definition) is 0. The number of carbonyl (C=O) groups excluding carboxylic acids is 1. The maximum Gasteiger partial charge on any atom is 0.169 e. The molecule has 0 fully saturated rings. The number of benzene rings is 1. The molecule has 0 amide bonds. The Morgan fingerprint density at radius 1 is 1.18 bits per heavy atom. The third-order valence-corrected chi connectivity index (χ3v) is 4.92. The van der Waals surface area contributed by atoms with Crippen molar-refractivity contribution < 1.29 is 4.79 Å². The normalized spacial score (nSPS) is 13.1. The van der Waals surface area contributed by atoms with Gasteiger partial charge >= 0.3 is 0 Å². The van der Waals surface area contributed by atoms with Crippen molar-refractivity contribution in [1.29, 1.82) is 0 Å². The molecule has 17 heavy (non-hydrogen) atoms. The smallest absolute Gasteiger partial charge is 0.169 e. The van der Waals surface area contributed by atoms with Crippen LogP contribution in [0, 0.1) is 0 Å². The van der Waals surface area contributed by atoms with E-state index in [0.29, 0.717) is 0 Å². The molecule has 1 nitrogen and oxygen atoms in total. The Bertz CT molecular complexity index is 613. The van der Waals surface area contributed by atoms with Crippen molar-refractivity contribution in [3.8, 4) is 0 Å². The van der Waals surface area contributed by atoms with Crippen LogP contribution in [-0.4, -0.2) is 5.78 Å². The van der Waals surface area contributed by atoms with E-state index >= 15 is 0 Å². The zero-order chi connectivity index (χ0) is 12.0. The van der Waals surface area contributed by atoms with Crippen LogP contribution in [0.1, 0.15) is 38.2 Å². The molecule has 0 aliphatic heterocycles. The summed E-state index contributed by atoms with van der Waals surface area (Å²) in [6.45, 7) is 1.64. The lowest BCUT2D eigenvalue weighted by Crippen LogP contribution is -2.03. The number of halogens is 1. The zero-order valence-electron chi connectivity index (χ0n) is 9.42. The molecule has 1 aliphatic carbocycles. The molecule has 0 saturated carbocycles. The van der Waals surface area contributed by atoms with E-state index in [1.165, 1.54) is 21.6 Å². The summed E-state index contributed by atoms with van der Waals surface area (Å²) >= 11 is 5.16. The molecule has 86 valence electrons. The molecule has 1 heterocycles. The van der Waals surface area contributed by atoms with Gasteiger partial charge in [-0.3, -0.25) is 4.79 Å². The topological polar surface area (TPSA) is 17.1 Å². The average Bonchev–Trinajstić information content (AvgIpc) is 2.68. The lowest BCUT2D eigenvalue weighted by Gasteiger charge is -2.16. The minimum atomic E-state index is 0.176. The van der Waals surface area contributed by atoms with Crippen LogP contribution >= 0.6 is 27.3 Å². The third kappa shape index (κ3) is 1.98. The Morgan fingerprint density at radius 3 is 2.76 bits per heavy atom. The maximum atomic E-state index is 11.4. The van der Waals surface area contributed by atoms with Crippen molar-refractivity contribution in [3.63, 3.8) is 0 Å². The number of thiophene rings is 1. The van der Waals surface area contributed by atoms with E-state index in [4.69, 9.17) is 0 Å². The molecule has 0 N–H and O–H groups in total. The summed E-state index contributed by atoms with van der Waals surface area (Å²) in [6.07, 6.45) is 1.92. The number of fused-ring (bicyclic) bond motifs is 2. The van der Waals surface area contributed by atoms with Crippen LogP contribution in [0.25, 0.3) is 0 Å². The highest BCUT2D eigenvalue weighted by atomic mass is 79.9. The van der Waals surface area contributed by atoms with Gasteiger partial charge in [-0.15, -0.1) is 11.3 Å². The van der Waals surface area contributed by atoms with Crippen LogP contribution in [0.4, 0.5) is 0 Å². The number of Topliss-reactive ketones (excluding diaryl/α,β-unsaturated/α-hetero) is 1. The SMILES string of the molecule is CC(=O)c1cc2c(s1)Cc1ccc(Br)cc1C2. The Kier molecular flexibility index (Phi) is 2.68. The quantitative estimate of drug-likeness (QED) is 0.616. The van der Waals surface area contributed by atoms with Crippen molar-refractivity contribution in [2.75, 3.05) is 0 Å². The molecule has 0 atom stereocenters. The van der Waals surface area contributed by atoms with Gasteiger partial charge < -0.3 is 0 Å². The summed E-state index contributed by atoms with van der Waals surface area (Å²) in [7, 11) is 0. The summed E-state index contributed by atoms with van der Waals surface area (Å²) in [5.74, 6) is 0.176. The average molecular weight is 307 g/mol. The van der Waals surface area contributed by atoms with E-state index in [1.54, 1.807) is 18.3 Å². The van der Waals surface area contributed by atoms with E-state index in [0.717, 1.165) is 22.2 Å². The first-order valence-electron chi connectivity index (χ1n) is 5.53. The maximum absolute atomic E-state index is 11.4. The molecule has 3 heteroatoms. The molecule has 1 aromatic carbocycles. The highest BCUT2D eigenvalue weighted by Gasteiger charge is 2.19. The fourth-order valence-electron chi connectivity index (χ4n) is 2.25. The van der Waals surface area contributed by atoms with E-state index < -0.39 is 0 Å². The lowest BCUT2D eigenvalue weighted by molar-refractivity contribution is 0.102. The number of rotatable bonds is 1. The molecule has 2 aromatic rings. The second-order valence-electron chi connectivity index (χ2n) is 4.38. The minimum absolute atomic E-state index is 0.176. The van der Waals surface area contributed by atoms with Crippen LogP contribution in [-0.2, 0) is 12.8 Å². The molecule has 1 aliphatic rings. The molecule has 3 rings (SSSR count). The molecule has 0 spiro atoms. The number of hydrogen-bond acceptors (Lipinski definition) is 2. The van der Waals surface area contributed by atoms with E-state index in [1.807, 2.05) is 0 Å². The largest absolute Gasteiger partial charge is 0.294 e. The Hall–Kier alpha value is -0.930. The lowest BCUT2D eigenvalue weighted by atomic mass is 9.91. The van der Waals surface area contributed by atoms with Gasteiger partial charge in [0.15, 0.2) is 5.78 Å². The summed E-state index contributed by atoms with van der Waals surface area (Å²) in [5.41, 5.74) is 4.09. The van der Waals surface area contributed by atoms with Gasteiger partial charge in [0.05, 0.1) is 4.88 Å². The minimum Gasteiger partial charge on any atom is -0.294 e. The highest BCUT2D eigenvalue weighted by molar-refractivity contribution is 9.10. The molecule has 0 unspecified atom stereocenters. The number of carbonyl (C=O) groups is 1. The van der Waals surface area contributed by atoms with Crippen LogP contribution in [0.3, 0.4) is 0 Å². The summed E-state index contributed by atoms with van der Waals surface area (Å²) in [6, 6.07) is 8.51. The molecular formula is C14H11BrOS. The first-order valence-corrected chi connectivity index (χ1v) is 7.14. The molecule has 0 bridgehead atoms. The third-order valence-electron chi connectivity index (χ3n) is 3.14. The van der Waals surface area contributed by atoms with Crippen molar-refractivity contribution in [3.05, 3.63) is 55.2 Å². The second-order valence-corrected chi connectivity index (χ2v) is 6.43. The van der Waals surface area contributed by atoms with Crippen LogP contribution in [0.15, 0.2) is 28.7 Å². The Balaban J connectivity index is 2.05. The van der Waals surface area contributed by atoms with Gasteiger partial charge in [-0.1, -0.05) is 22.0 Å². The standard InChI is InChI=1S/C14H11BrOS/c1-8(16)13-7-11-4-10-5-12(15)3-2-9(10)6-14(11)17-13/h2-3,5,7H,4,6H2,1H3. The Morgan fingerprint density at radius 2 is 2.00 bits per heavy atom. The van der Waals surface area contributed by atoms with Gasteiger partial charge in [0, 0.05) is 15.8 Å².